The SMILES string of the molecule is C[C@H]1[C@H](C)CCC[C@@H]1NC(=O)[C@@H]1N(CCCN2CCOCC2)C(=O)[C@@H]2[C@H](C(=O)Nc3cc(Cl)cc(Cl)c3)[C@@H]3C=C[C@]21O3. The third-order valence-electron chi connectivity index (χ3n) is 10.1. The number of anilines is 1. The molecule has 3 amide bonds. The van der Waals surface area contributed by atoms with Crippen molar-refractivity contribution in [2.24, 2.45) is 23.7 Å². The van der Waals surface area contributed by atoms with E-state index in [-0.39, 0.29) is 23.8 Å². The molecule has 11 heteroatoms. The van der Waals surface area contributed by atoms with E-state index in [1.54, 1.807) is 23.1 Å². The standard InChI is InChI=1S/C31H40Cl2N4O5/c1-18-5-3-6-23(19(18)2)35-29(39)27-31-8-7-24(42-31)25(28(38)34-22-16-20(32)15-21(33)17-22)26(31)30(40)37(27)10-4-9-36-11-13-41-14-12-36/h7-8,15-19,23-27H,3-6,9-14H2,1-2H3,(H,34,38)(H,35,39)/t18-,19+,23+,24+,25-,26+,27+,31+/m1/s1. The van der Waals surface area contributed by atoms with E-state index in [4.69, 9.17) is 32.7 Å². The second kappa shape index (κ2) is 12.1. The Morgan fingerprint density at radius 3 is 2.52 bits per heavy atom. The molecule has 9 nitrogen and oxygen atoms in total. The summed E-state index contributed by atoms with van der Waals surface area (Å²) in [5.41, 5.74) is -0.747. The summed E-state index contributed by atoms with van der Waals surface area (Å²) < 4.78 is 12.0. The van der Waals surface area contributed by atoms with Crippen LogP contribution in [0.15, 0.2) is 30.4 Å². The van der Waals surface area contributed by atoms with Crippen LogP contribution in [0.4, 0.5) is 5.69 Å². The maximum atomic E-state index is 14.2. The topological polar surface area (TPSA) is 100 Å². The lowest BCUT2D eigenvalue weighted by Crippen LogP contribution is -2.58. The number of hydrogen-bond donors (Lipinski definition) is 2. The van der Waals surface area contributed by atoms with Gasteiger partial charge in [-0.3, -0.25) is 19.3 Å². The Morgan fingerprint density at radius 2 is 1.79 bits per heavy atom. The Balaban J connectivity index is 1.25. The van der Waals surface area contributed by atoms with Crippen LogP contribution in [0.1, 0.15) is 39.5 Å². The number of ether oxygens (including phenoxy) is 2. The van der Waals surface area contributed by atoms with Gasteiger partial charge in [-0.15, -0.1) is 0 Å². The van der Waals surface area contributed by atoms with Gasteiger partial charge in [0.1, 0.15) is 11.6 Å². The molecule has 4 heterocycles. The molecule has 228 valence electrons. The van der Waals surface area contributed by atoms with Gasteiger partial charge in [-0.2, -0.15) is 0 Å². The fourth-order valence-electron chi connectivity index (χ4n) is 7.70. The Hall–Kier alpha value is -2.17. The van der Waals surface area contributed by atoms with Gasteiger partial charge in [-0.25, -0.2) is 0 Å². The van der Waals surface area contributed by atoms with E-state index in [1.807, 2.05) is 12.2 Å². The average molecular weight is 620 g/mol. The summed E-state index contributed by atoms with van der Waals surface area (Å²) >= 11 is 12.3. The lowest BCUT2D eigenvalue weighted by atomic mass is 9.73. The van der Waals surface area contributed by atoms with Gasteiger partial charge in [0, 0.05) is 48.0 Å². The van der Waals surface area contributed by atoms with Crippen molar-refractivity contribution < 1.29 is 23.9 Å². The summed E-state index contributed by atoms with van der Waals surface area (Å²) in [7, 11) is 0. The quantitative estimate of drug-likeness (QED) is 0.431. The zero-order valence-electron chi connectivity index (χ0n) is 24.2. The van der Waals surface area contributed by atoms with Crippen LogP contribution in [0.5, 0.6) is 0 Å². The van der Waals surface area contributed by atoms with Crippen LogP contribution in [-0.2, 0) is 23.9 Å². The number of carbonyl (C=O) groups is 3. The first-order valence-corrected chi connectivity index (χ1v) is 16.0. The first-order chi connectivity index (χ1) is 20.2. The molecule has 5 aliphatic rings. The number of hydrogen-bond acceptors (Lipinski definition) is 6. The monoisotopic (exact) mass is 618 g/mol. The zero-order chi connectivity index (χ0) is 29.6. The van der Waals surface area contributed by atoms with Crippen molar-refractivity contribution in [1.82, 2.24) is 15.1 Å². The van der Waals surface area contributed by atoms with E-state index in [0.29, 0.717) is 53.7 Å². The minimum atomic E-state index is -1.19. The minimum Gasteiger partial charge on any atom is -0.379 e. The molecular weight excluding hydrogens is 579 g/mol. The molecule has 2 N–H and O–H groups in total. The highest BCUT2D eigenvalue weighted by molar-refractivity contribution is 6.35. The first-order valence-electron chi connectivity index (χ1n) is 15.2. The van der Waals surface area contributed by atoms with Crippen molar-refractivity contribution in [2.45, 2.75) is 63.3 Å². The molecule has 4 fully saturated rings. The van der Waals surface area contributed by atoms with Gasteiger partial charge in [-0.05, 0) is 42.9 Å². The lowest BCUT2D eigenvalue weighted by molar-refractivity contribution is -0.141. The predicted molar refractivity (Wildman–Crippen MR) is 160 cm³/mol. The highest BCUT2D eigenvalue weighted by atomic mass is 35.5. The van der Waals surface area contributed by atoms with Crippen molar-refractivity contribution in [2.75, 3.05) is 44.7 Å². The summed E-state index contributed by atoms with van der Waals surface area (Å²) in [5, 5.41) is 6.99. The third-order valence-corrected chi connectivity index (χ3v) is 10.5. The van der Waals surface area contributed by atoms with Crippen LogP contribution in [0.3, 0.4) is 0 Å². The number of nitrogens with zero attached hydrogens (tertiary/aromatic N) is 2. The van der Waals surface area contributed by atoms with Gasteiger partial charge in [0.05, 0.1) is 31.2 Å². The van der Waals surface area contributed by atoms with Crippen molar-refractivity contribution in [1.29, 1.82) is 0 Å². The normalized spacial score (nSPS) is 35.9. The number of nitrogens with one attached hydrogen (secondary N) is 2. The summed E-state index contributed by atoms with van der Waals surface area (Å²) in [6.07, 6.45) is 6.93. The number of fused-ring (bicyclic) bond motifs is 1. The minimum absolute atomic E-state index is 0.0382. The van der Waals surface area contributed by atoms with Crippen LogP contribution >= 0.6 is 23.2 Å². The number of likely N-dealkylation sites (tertiary alicyclic amines) is 1. The second-order valence-electron chi connectivity index (χ2n) is 12.6. The van der Waals surface area contributed by atoms with Crippen molar-refractivity contribution in [3.05, 3.63) is 40.4 Å². The molecule has 6 rings (SSSR count). The molecule has 0 radical (unpaired) electrons. The van der Waals surface area contributed by atoms with E-state index in [2.05, 4.69) is 29.4 Å². The molecular formula is C31H40Cl2N4O5. The average Bonchev–Trinajstić information content (AvgIpc) is 3.59. The van der Waals surface area contributed by atoms with E-state index >= 15 is 0 Å². The van der Waals surface area contributed by atoms with Gasteiger partial charge >= 0.3 is 0 Å². The Kier molecular flexibility index (Phi) is 8.59. The summed E-state index contributed by atoms with van der Waals surface area (Å²) in [4.78, 5) is 46.1. The van der Waals surface area contributed by atoms with E-state index in [0.717, 1.165) is 38.9 Å². The molecule has 8 atom stereocenters. The van der Waals surface area contributed by atoms with Crippen LogP contribution in [-0.4, -0.2) is 90.7 Å². The number of halogens is 2. The molecule has 0 unspecified atom stereocenters. The number of amides is 3. The molecule has 1 aliphatic carbocycles. The van der Waals surface area contributed by atoms with E-state index in [9.17, 15) is 14.4 Å². The van der Waals surface area contributed by atoms with Gasteiger partial charge < -0.3 is 25.0 Å². The summed E-state index contributed by atoms with van der Waals surface area (Å²) in [6.45, 7) is 8.73. The molecule has 42 heavy (non-hydrogen) atoms. The van der Waals surface area contributed by atoms with Gasteiger partial charge in [0.2, 0.25) is 17.7 Å². The molecule has 1 aromatic rings. The lowest BCUT2D eigenvalue weighted by Gasteiger charge is -2.38. The van der Waals surface area contributed by atoms with Crippen LogP contribution in [0.2, 0.25) is 10.0 Å². The van der Waals surface area contributed by atoms with Gasteiger partial charge in [0.15, 0.2) is 0 Å². The summed E-state index contributed by atoms with van der Waals surface area (Å²) in [6, 6.07) is 4.01. The van der Waals surface area contributed by atoms with Crippen molar-refractivity contribution >= 4 is 46.6 Å². The molecule has 1 spiro atoms. The maximum absolute atomic E-state index is 14.2. The molecule has 1 saturated carbocycles. The third kappa shape index (κ3) is 5.47. The highest BCUT2D eigenvalue weighted by Gasteiger charge is 2.72. The molecule has 3 saturated heterocycles. The number of morpholine rings is 1. The van der Waals surface area contributed by atoms with E-state index in [1.165, 1.54) is 0 Å². The molecule has 2 bridgehead atoms. The Morgan fingerprint density at radius 1 is 1.05 bits per heavy atom. The van der Waals surface area contributed by atoms with Gasteiger partial charge in [0.25, 0.3) is 0 Å². The number of benzene rings is 1. The Labute approximate surface area is 257 Å². The fourth-order valence-corrected chi connectivity index (χ4v) is 8.22. The molecule has 0 aromatic heterocycles. The summed E-state index contributed by atoms with van der Waals surface area (Å²) in [5.74, 6) is -1.50. The number of carbonyl (C=O) groups excluding carboxylic acids is 3. The van der Waals surface area contributed by atoms with Crippen LogP contribution < -0.4 is 10.6 Å². The van der Waals surface area contributed by atoms with Crippen LogP contribution in [0.25, 0.3) is 0 Å². The van der Waals surface area contributed by atoms with Crippen molar-refractivity contribution in [3.63, 3.8) is 0 Å². The number of rotatable bonds is 8. The predicted octanol–water partition coefficient (Wildman–Crippen LogP) is 3.75. The molecule has 4 aliphatic heterocycles. The highest BCUT2D eigenvalue weighted by Crippen LogP contribution is 2.55. The molecule has 1 aromatic carbocycles. The van der Waals surface area contributed by atoms with Crippen LogP contribution in [0, 0.1) is 23.7 Å². The van der Waals surface area contributed by atoms with E-state index < -0.39 is 29.6 Å². The second-order valence-corrected chi connectivity index (χ2v) is 13.4. The zero-order valence-corrected chi connectivity index (χ0v) is 25.7. The van der Waals surface area contributed by atoms with Crippen molar-refractivity contribution in [3.8, 4) is 0 Å². The Bertz CT molecular complexity index is 1240. The fraction of sp³-hybridized carbons (Fsp3) is 0.645. The van der Waals surface area contributed by atoms with Gasteiger partial charge in [-0.1, -0.05) is 62.0 Å². The maximum Gasteiger partial charge on any atom is 0.246 e. The smallest absolute Gasteiger partial charge is 0.246 e. The first kappa shape index (κ1) is 29.9. The largest absolute Gasteiger partial charge is 0.379 e.